The number of carbonyl (C=O) groups excluding carboxylic acids is 4. The molecule has 5 rings (SSSR count). The molecule has 1 aliphatic carbocycles. The van der Waals surface area contributed by atoms with Gasteiger partial charge in [-0.25, -0.2) is 19.6 Å². The van der Waals surface area contributed by atoms with Crippen molar-refractivity contribution in [1.29, 1.82) is 0 Å². The van der Waals surface area contributed by atoms with Gasteiger partial charge in [-0.2, -0.15) is 0 Å². The maximum Gasteiger partial charge on any atom is 0.407 e. The number of aromatic amines is 1. The lowest BCUT2D eigenvalue weighted by Gasteiger charge is -2.24. The van der Waals surface area contributed by atoms with Gasteiger partial charge in [-0.05, 0) is 61.8 Å². The van der Waals surface area contributed by atoms with Crippen LogP contribution in [-0.2, 0) is 19.1 Å². The van der Waals surface area contributed by atoms with Crippen molar-refractivity contribution in [2.24, 2.45) is 10.7 Å². The summed E-state index contributed by atoms with van der Waals surface area (Å²) < 4.78 is 9.11. The molecule has 0 saturated carbocycles. The average Bonchev–Trinajstić information content (AvgIpc) is 3.94. The largest absolute Gasteiger partial charge is 0.453 e. The normalized spacial score (nSPS) is 18.8. The third-order valence-electron chi connectivity index (χ3n) is 8.76. The van der Waals surface area contributed by atoms with Crippen molar-refractivity contribution >= 4 is 35.4 Å². The summed E-state index contributed by atoms with van der Waals surface area (Å²) >= 11 is 0. The molecule has 3 heterocycles. The van der Waals surface area contributed by atoms with Crippen LogP contribution in [0, 0.1) is 11.8 Å². The van der Waals surface area contributed by atoms with Gasteiger partial charge in [0.05, 0.1) is 38.2 Å². The maximum absolute atomic E-state index is 12.8. The Morgan fingerprint density at radius 2 is 1.76 bits per heavy atom. The number of hydrogen-bond donors (Lipinski definition) is 4. The number of nitrogens with two attached hydrogens (primary N) is 1. The number of H-pyrrole nitrogens is 1. The predicted octanol–water partition coefficient (Wildman–Crippen LogP) is 3.40. The fourth-order valence-corrected chi connectivity index (χ4v) is 6.26. The van der Waals surface area contributed by atoms with Crippen LogP contribution in [0.25, 0.3) is 16.8 Å². The number of rotatable bonds is 9. The molecule has 0 unspecified atom stereocenters. The van der Waals surface area contributed by atoms with Gasteiger partial charge < -0.3 is 40.6 Å². The number of amidine groups is 1. The number of benzene rings is 1. The van der Waals surface area contributed by atoms with Crippen molar-refractivity contribution in [2.45, 2.75) is 50.6 Å². The molecule has 2 aromatic rings. The molecule has 1 aromatic heterocycles. The second-order valence-corrected chi connectivity index (χ2v) is 11.9. The number of imidazole rings is 1. The summed E-state index contributed by atoms with van der Waals surface area (Å²) in [5, 5.41) is 4.86. The second-order valence-electron chi connectivity index (χ2n) is 11.9. The molecule has 2 saturated heterocycles. The second kappa shape index (κ2) is 17.0. The standard InChI is InChI=1S/C36H42N8O6/c1-49-35(47)40-22-31(45)43-18-8-13-29(43)33(37)38-17-7-6-12-25-15-16-26(20-27(25)24-10-4-3-5-11-24)28-21-39-34(42-28)30-14-9-19-44(30)32(46)23-41-36(48)50-2/h4,7,10-11,15-17,20-21,29-30H,3,5,8-9,13-14,18-19,22-23H2,1-2H3,(H2,37,38)(H,39,42)(H,40,47)(H,41,48)/b17-7+/t29-,30-/m0/s1. The molecular weight excluding hydrogens is 640 g/mol. The number of nitrogens with zero attached hydrogens (tertiary/aromatic N) is 4. The summed E-state index contributed by atoms with van der Waals surface area (Å²) in [6.07, 6.45) is 15.0. The molecule has 14 nitrogen and oxygen atoms in total. The van der Waals surface area contributed by atoms with E-state index < -0.39 is 12.2 Å². The van der Waals surface area contributed by atoms with Crippen molar-refractivity contribution in [3.63, 3.8) is 0 Å². The fourth-order valence-electron chi connectivity index (χ4n) is 6.26. The highest BCUT2D eigenvalue weighted by Crippen LogP contribution is 2.33. The van der Waals surface area contributed by atoms with Gasteiger partial charge in [-0.3, -0.25) is 9.59 Å². The first-order valence-corrected chi connectivity index (χ1v) is 16.6. The van der Waals surface area contributed by atoms with Gasteiger partial charge in [0, 0.05) is 36.5 Å². The number of ether oxygens (including phenoxy) is 2. The number of alkyl carbamates (subject to hydrolysis) is 2. The highest BCUT2D eigenvalue weighted by molar-refractivity contribution is 5.92. The van der Waals surface area contributed by atoms with Crippen LogP contribution in [0.5, 0.6) is 0 Å². The number of methoxy groups -OCH3 is 2. The van der Waals surface area contributed by atoms with E-state index >= 15 is 0 Å². The molecule has 1 aromatic carbocycles. The Morgan fingerprint density at radius 3 is 2.48 bits per heavy atom. The molecular formula is C36H42N8O6. The Morgan fingerprint density at radius 1 is 1.04 bits per heavy atom. The molecule has 2 aliphatic heterocycles. The number of aliphatic imine (C=N–C) groups is 1. The Hall–Kier alpha value is -5.84. The smallest absolute Gasteiger partial charge is 0.407 e. The fraction of sp³-hybridized carbons (Fsp3) is 0.389. The van der Waals surface area contributed by atoms with Gasteiger partial charge in [-0.1, -0.05) is 36.1 Å². The van der Waals surface area contributed by atoms with Gasteiger partial charge in [0.25, 0.3) is 0 Å². The Bertz CT molecular complexity index is 1780. The van der Waals surface area contributed by atoms with Crippen LogP contribution in [0.4, 0.5) is 9.59 Å². The third kappa shape index (κ3) is 8.79. The number of hydrogen-bond acceptors (Lipinski definition) is 8. The molecule has 14 heteroatoms. The molecule has 0 radical (unpaired) electrons. The minimum Gasteiger partial charge on any atom is -0.453 e. The molecule has 3 aliphatic rings. The van der Waals surface area contributed by atoms with Crippen molar-refractivity contribution in [3.8, 4) is 23.1 Å². The lowest BCUT2D eigenvalue weighted by molar-refractivity contribution is -0.131. The number of amides is 4. The Kier molecular flexibility index (Phi) is 12.1. The highest BCUT2D eigenvalue weighted by atomic mass is 16.5. The number of aromatic nitrogens is 2. The first kappa shape index (κ1) is 35.5. The van der Waals surface area contributed by atoms with Gasteiger partial charge in [0.1, 0.15) is 24.7 Å². The van der Waals surface area contributed by atoms with Crippen molar-refractivity contribution in [3.05, 3.63) is 71.9 Å². The van der Waals surface area contributed by atoms with Crippen molar-refractivity contribution in [1.82, 2.24) is 30.4 Å². The van der Waals surface area contributed by atoms with E-state index in [1.165, 1.54) is 20.4 Å². The van der Waals surface area contributed by atoms with Gasteiger partial charge in [0.15, 0.2) is 0 Å². The molecule has 262 valence electrons. The summed E-state index contributed by atoms with van der Waals surface area (Å²) in [6.45, 7) is 0.799. The quantitative estimate of drug-likeness (QED) is 0.176. The average molecular weight is 683 g/mol. The summed E-state index contributed by atoms with van der Waals surface area (Å²) in [5.74, 6) is 6.84. The molecule has 2 fully saturated rings. The van der Waals surface area contributed by atoms with Crippen LogP contribution < -0.4 is 16.4 Å². The monoisotopic (exact) mass is 682 g/mol. The summed E-state index contributed by atoms with van der Waals surface area (Å²) in [4.78, 5) is 64.0. The van der Waals surface area contributed by atoms with Crippen LogP contribution in [0.2, 0.25) is 0 Å². The predicted molar refractivity (Wildman–Crippen MR) is 187 cm³/mol. The third-order valence-corrected chi connectivity index (χ3v) is 8.76. The Balaban J connectivity index is 1.29. The van der Waals surface area contributed by atoms with E-state index in [1.54, 1.807) is 22.1 Å². The van der Waals surface area contributed by atoms with E-state index in [9.17, 15) is 19.2 Å². The van der Waals surface area contributed by atoms with E-state index in [0.717, 1.165) is 60.1 Å². The lowest BCUT2D eigenvalue weighted by atomic mass is 9.93. The SMILES string of the molecule is COC(=O)NCC(=O)N1CCC[C@H]1C(N)=N/C=C/C#Cc1ccc(-c2cnc([C@@H]3CCCN3C(=O)CNC(=O)OC)[nH]2)cc1C1=CCCC=C1. The van der Waals surface area contributed by atoms with E-state index in [1.807, 2.05) is 12.1 Å². The Labute approximate surface area is 290 Å². The summed E-state index contributed by atoms with van der Waals surface area (Å²) in [7, 11) is 2.50. The maximum atomic E-state index is 12.8. The topological polar surface area (TPSA) is 184 Å². The van der Waals surface area contributed by atoms with Gasteiger partial charge in [-0.15, -0.1) is 0 Å². The number of carbonyl (C=O) groups is 4. The zero-order valence-electron chi connectivity index (χ0n) is 28.2. The van der Waals surface area contributed by atoms with Crippen LogP contribution >= 0.6 is 0 Å². The van der Waals surface area contributed by atoms with Crippen molar-refractivity contribution in [2.75, 3.05) is 40.4 Å². The van der Waals surface area contributed by atoms with E-state index in [4.69, 9.17) is 5.73 Å². The summed E-state index contributed by atoms with van der Waals surface area (Å²) in [5.41, 5.74) is 10.9. The van der Waals surface area contributed by atoms with Crippen LogP contribution in [0.3, 0.4) is 0 Å². The highest BCUT2D eigenvalue weighted by Gasteiger charge is 2.33. The van der Waals surface area contributed by atoms with Crippen LogP contribution in [0.1, 0.15) is 61.5 Å². The molecule has 0 bridgehead atoms. The van der Waals surface area contributed by atoms with E-state index in [0.29, 0.717) is 31.2 Å². The van der Waals surface area contributed by atoms with E-state index in [-0.39, 0.29) is 37.0 Å². The number of likely N-dealkylation sites (tertiary alicyclic amines) is 2. The summed E-state index contributed by atoms with van der Waals surface area (Å²) in [6, 6.07) is 5.47. The molecule has 5 N–H and O–H groups in total. The van der Waals surface area contributed by atoms with Crippen LogP contribution in [0.15, 0.2) is 59.9 Å². The molecule has 50 heavy (non-hydrogen) atoms. The zero-order valence-corrected chi connectivity index (χ0v) is 28.2. The van der Waals surface area contributed by atoms with Crippen molar-refractivity contribution < 1.29 is 28.7 Å². The number of allylic oxidation sites excluding steroid dienone is 5. The molecule has 4 amide bonds. The van der Waals surface area contributed by atoms with Crippen LogP contribution in [-0.4, -0.2) is 96.0 Å². The molecule has 2 atom stereocenters. The number of nitrogens with one attached hydrogen (secondary N) is 3. The van der Waals surface area contributed by atoms with Gasteiger partial charge >= 0.3 is 12.2 Å². The molecule has 0 spiro atoms. The zero-order chi connectivity index (χ0) is 35.5. The minimum atomic E-state index is -0.671. The van der Waals surface area contributed by atoms with Gasteiger partial charge in [0.2, 0.25) is 11.8 Å². The first-order chi connectivity index (χ1) is 24.3. The van der Waals surface area contributed by atoms with E-state index in [2.05, 4.69) is 71.2 Å². The lowest BCUT2D eigenvalue weighted by Crippen LogP contribution is -2.47. The minimum absolute atomic E-state index is 0.141. The first-order valence-electron chi connectivity index (χ1n) is 16.6.